The highest BCUT2D eigenvalue weighted by atomic mass is 19.4. The Morgan fingerprint density at radius 1 is 0.903 bits per heavy atom. The fraction of sp³-hybridized carbons (Fsp3) is 0.125. The zero-order valence-corrected chi connectivity index (χ0v) is 16.3. The first-order valence-electron chi connectivity index (χ1n) is 9.37. The molecule has 0 aliphatic rings. The molecule has 1 heterocycles. The van der Waals surface area contributed by atoms with E-state index in [4.69, 9.17) is 4.74 Å². The van der Waals surface area contributed by atoms with Crippen molar-refractivity contribution >= 4 is 10.9 Å². The van der Waals surface area contributed by atoms with E-state index in [0.717, 1.165) is 18.2 Å². The van der Waals surface area contributed by atoms with Crippen LogP contribution in [-0.4, -0.2) is 4.98 Å². The minimum Gasteiger partial charge on any atom is -0.489 e. The smallest absolute Gasteiger partial charge is 0.418 e. The standard InChI is InChI=1S/C24H16F5NO/c1-14-12-30-23-17(7-3-8-19(23)24(27,28)29)22(14)15-5-2-6-16(11-15)31-13-18-20(25)9-4-10-21(18)26/h2-12H,13H2,1H3. The summed E-state index contributed by atoms with van der Waals surface area (Å²) in [7, 11) is 0. The van der Waals surface area contributed by atoms with E-state index in [-0.39, 0.29) is 17.7 Å². The average Bonchev–Trinajstić information content (AvgIpc) is 2.72. The molecule has 2 nitrogen and oxygen atoms in total. The van der Waals surface area contributed by atoms with E-state index >= 15 is 0 Å². The Bertz CT molecular complexity index is 1250. The predicted molar refractivity (Wildman–Crippen MR) is 108 cm³/mol. The second-order valence-electron chi connectivity index (χ2n) is 7.03. The summed E-state index contributed by atoms with van der Waals surface area (Å²) in [4.78, 5) is 4.02. The minimum atomic E-state index is -4.53. The minimum absolute atomic E-state index is 0.143. The van der Waals surface area contributed by atoms with E-state index in [9.17, 15) is 22.0 Å². The van der Waals surface area contributed by atoms with Crippen LogP contribution in [0.25, 0.3) is 22.0 Å². The van der Waals surface area contributed by atoms with E-state index in [1.165, 1.54) is 18.3 Å². The molecule has 0 amide bonds. The van der Waals surface area contributed by atoms with Crippen molar-refractivity contribution in [2.45, 2.75) is 19.7 Å². The van der Waals surface area contributed by atoms with E-state index in [1.54, 1.807) is 37.3 Å². The highest BCUT2D eigenvalue weighted by Crippen LogP contribution is 2.38. The van der Waals surface area contributed by atoms with E-state index in [1.807, 2.05) is 0 Å². The average molecular weight is 429 g/mol. The normalized spacial score (nSPS) is 11.7. The molecule has 7 heteroatoms. The van der Waals surface area contributed by atoms with Crippen molar-refractivity contribution in [3.8, 4) is 16.9 Å². The van der Waals surface area contributed by atoms with Gasteiger partial charge < -0.3 is 4.74 Å². The number of hydrogen-bond acceptors (Lipinski definition) is 2. The zero-order valence-electron chi connectivity index (χ0n) is 16.3. The lowest BCUT2D eigenvalue weighted by atomic mass is 9.95. The molecule has 0 bridgehead atoms. The summed E-state index contributed by atoms with van der Waals surface area (Å²) in [5.74, 6) is -1.10. The van der Waals surface area contributed by atoms with Gasteiger partial charge in [-0.1, -0.05) is 30.3 Å². The van der Waals surface area contributed by atoms with Crippen molar-refractivity contribution in [1.82, 2.24) is 4.98 Å². The highest BCUT2D eigenvalue weighted by molar-refractivity contribution is 5.97. The summed E-state index contributed by atoms with van der Waals surface area (Å²) in [6, 6.07) is 14.1. The molecule has 1 aromatic heterocycles. The van der Waals surface area contributed by atoms with Gasteiger partial charge in [0.2, 0.25) is 0 Å². The van der Waals surface area contributed by atoms with Crippen molar-refractivity contribution in [2.24, 2.45) is 0 Å². The van der Waals surface area contributed by atoms with Crippen LogP contribution in [0.2, 0.25) is 0 Å². The summed E-state index contributed by atoms with van der Waals surface area (Å²) in [6.45, 7) is 1.43. The van der Waals surface area contributed by atoms with Gasteiger partial charge in [0.05, 0.1) is 16.6 Å². The Hall–Kier alpha value is -3.48. The Morgan fingerprint density at radius 3 is 2.29 bits per heavy atom. The zero-order chi connectivity index (χ0) is 22.2. The van der Waals surface area contributed by atoms with Crippen LogP contribution < -0.4 is 4.74 Å². The SMILES string of the molecule is Cc1cnc2c(C(F)(F)F)cccc2c1-c1cccc(OCc2c(F)cccc2F)c1. The monoisotopic (exact) mass is 429 g/mol. The lowest BCUT2D eigenvalue weighted by Gasteiger charge is -2.15. The molecule has 31 heavy (non-hydrogen) atoms. The Morgan fingerprint density at radius 2 is 1.58 bits per heavy atom. The number of benzene rings is 3. The van der Waals surface area contributed by atoms with Crippen molar-refractivity contribution in [3.63, 3.8) is 0 Å². The number of rotatable bonds is 4. The highest BCUT2D eigenvalue weighted by Gasteiger charge is 2.33. The maximum atomic E-state index is 13.8. The van der Waals surface area contributed by atoms with Gasteiger partial charge in [0.25, 0.3) is 0 Å². The molecule has 0 unspecified atom stereocenters. The summed E-state index contributed by atoms with van der Waals surface area (Å²) in [6.07, 6.45) is -3.14. The number of ether oxygens (including phenoxy) is 1. The maximum Gasteiger partial charge on any atom is 0.418 e. The van der Waals surface area contributed by atoms with Crippen LogP contribution in [0.5, 0.6) is 5.75 Å². The summed E-state index contributed by atoms with van der Waals surface area (Å²) in [5.41, 5.74) is 0.718. The largest absolute Gasteiger partial charge is 0.489 e. The van der Waals surface area contributed by atoms with E-state index in [0.29, 0.717) is 27.8 Å². The molecule has 0 saturated heterocycles. The van der Waals surface area contributed by atoms with Crippen LogP contribution in [0.3, 0.4) is 0 Å². The molecule has 158 valence electrons. The van der Waals surface area contributed by atoms with Gasteiger partial charge in [0.15, 0.2) is 0 Å². The van der Waals surface area contributed by atoms with Crippen LogP contribution in [-0.2, 0) is 12.8 Å². The summed E-state index contributed by atoms with van der Waals surface area (Å²) < 4.78 is 73.5. The van der Waals surface area contributed by atoms with Crippen molar-refractivity contribution in [3.05, 3.63) is 95.2 Å². The van der Waals surface area contributed by atoms with Crippen molar-refractivity contribution in [2.75, 3.05) is 0 Å². The first kappa shape index (κ1) is 20.8. The molecule has 0 radical (unpaired) electrons. The lowest BCUT2D eigenvalue weighted by Crippen LogP contribution is -2.07. The lowest BCUT2D eigenvalue weighted by molar-refractivity contribution is -0.136. The molecule has 0 atom stereocenters. The first-order valence-corrected chi connectivity index (χ1v) is 9.37. The van der Waals surface area contributed by atoms with Gasteiger partial charge in [-0.2, -0.15) is 13.2 Å². The number of aryl methyl sites for hydroxylation is 1. The van der Waals surface area contributed by atoms with Crippen molar-refractivity contribution in [1.29, 1.82) is 0 Å². The third kappa shape index (κ3) is 4.08. The molecule has 0 N–H and O–H groups in total. The molecule has 0 saturated carbocycles. The maximum absolute atomic E-state index is 13.8. The Kier molecular flexibility index (Phi) is 5.35. The number of alkyl halides is 3. The number of fused-ring (bicyclic) bond motifs is 1. The number of aromatic nitrogens is 1. The number of halogens is 5. The number of nitrogens with zero attached hydrogens (tertiary/aromatic N) is 1. The fourth-order valence-corrected chi connectivity index (χ4v) is 3.50. The molecule has 0 aliphatic carbocycles. The number of pyridine rings is 1. The van der Waals surface area contributed by atoms with Crippen LogP contribution in [0, 0.1) is 18.6 Å². The topological polar surface area (TPSA) is 22.1 Å². The molecule has 0 spiro atoms. The molecule has 4 rings (SSSR count). The van der Waals surface area contributed by atoms with Gasteiger partial charge >= 0.3 is 6.18 Å². The molecular formula is C24H16F5NO. The van der Waals surface area contributed by atoms with Gasteiger partial charge in [0.1, 0.15) is 24.0 Å². The second kappa shape index (κ2) is 7.98. The van der Waals surface area contributed by atoms with Crippen LogP contribution in [0.4, 0.5) is 22.0 Å². The fourth-order valence-electron chi connectivity index (χ4n) is 3.50. The second-order valence-corrected chi connectivity index (χ2v) is 7.03. The summed E-state index contributed by atoms with van der Waals surface area (Å²) >= 11 is 0. The molecule has 3 aromatic carbocycles. The van der Waals surface area contributed by atoms with E-state index < -0.39 is 23.4 Å². The third-order valence-corrected chi connectivity index (χ3v) is 4.96. The Labute approximate surface area is 174 Å². The summed E-state index contributed by atoms with van der Waals surface area (Å²) in [5, 5.41) is 0.354. The predicted octanol–water partition coefficient (Wildman–Crippen LogP) is 7.09. The van der Waals surface area contributed by atoms with Gasteiger partial charge in [-0.15, -0.1) is 0 Å². The van der Waals surface area contributed by atoms with Crippen LogP contribution in [0.15, 0.2) is 66.9 Å². The Balaban J connectivity index is 1.75. The quantitative estimate of drug-likeness (QED) is 0.323. The number of hydrogen-bond donors (Lipinski definition) is 0. The van der Waals surface area contributed by atoms with Gasteiger partial charge in [-0.3, -0.25) is 4.98 Å². The third-order valence-electron chi connectivity index (χ3n) is 4.96. The number of para-hydroxylation sites is 1. The first-order chi connectivity index (χ1) is 14.8. The van der Waals surface area contributed by atoms with Gasteiger partial charge in [-0.25, -0.2) is 8.78 Å². The van der Waals surface area contributed by atoms with Crippen LogP contribution >= 0.6 is 0 Å². The molecule has 4 aromatic rings. The van der Waals surface area contributed by atoms with Gasteiger partial charge in [0, 0.05) is 11.6 Å². The van der Waals surface area contributed by atoms with Crippen LogP contribution in [0.1, 0.15) is 16.7 Å². The van der Waals surface area contributed by atoms with E-state index in [2.05, 4.69) is 4.98 Å². The molecular weight excluding hydrogens is 413 g/mol. The molecule has 0 aliphatic heterocycles. The molecule has 0 fully saturated rings. The van der Waals surface area contributed by atoms with Gasteiger partial charge in [-0.05, 0) is 53.9 Å². The van der Waals surface area contributed by atoms with Crippen molar-refractivity contribution < 1.29 is 26.7 Å².